The van der Waals surface area contributed by atoms with Crippen molar-refractivity contribution in [3.8, 4) is 0 Å². The van der Waals surface area contributed by atoms with Gasteiger partial charge in [0.2, 0.25) is 0 Å². The molecule has 2 aromatic heterocycles. The smallest absolute Gasteiger partial charge is 0.332 e. The van der Waals surface area contributed by atoms with E-state index >= 15 is 0 Å². The van der Waals surface area contributed by atoms with E-state index in [2.05, 4.69) is 4.98 Å². The second-order valence-corrected chi connectivity index (χ2v) is 8.93. The average molecular weight is 447 g/mol. The minimum absolute atomic E-state index is 0.0175. The summed E-state index contributed by atoms with van der Waals surface area (Å²) in [6, 6.07) is 6.22. The van der Waals surface area contributed by atoms with Crippen LogP contribution in [0.4, 0.5) is 4.39 Å². The Bertz CT molecular complexity index is 1180. The van der Waals surface area contributed by atoms with Gasteiger partial charge in [0.05, 0.1) is 32.2 Å². The molecule has 8 nitrogen and oxygen atoms in total. The molecule has 1 unspecified atom stereocenters. The molecule has 0 aliphatic heterocycles. The van der Waals surface area contributed by atoms with E-state index in [1.165, 1.54) is 10.6 Å². The Labute approximate surface area is 185 Å². The fourth-order valence-corrected chi connectivity index (χ4v) is 3.65. The summed E-state index contributed by atoms with van der Waals surface area (Å²) in [4.78, 5) is 30.7. The lowest BCUT2D eigenvalue weighted by atomic mass is 10.2. The number of imidazole rings is 1. The molecule has 0 aliphatic rings. The number of aliphatic hydroxyl groups is 1. The molecule has 2 heterocycles. The lowest BCUT2D eigenvalue weighted by molar-refractivity contribution is 0.0183. The molecule has 1 N–H and O–H groups in total. The summed E-state index contributed by atoms with van der Waals surface area (Å²) in [6.45, 7) is 8.61. The maximum absolute atomic E-state index is 13.7. The number of fused-ring (bicyclic) bond motifs is 1. The first-order valence-electron chi connectivity index (χ1n) is 10.9. The van der Waals surface area contributed by atoms with Crippen molar-refractivity contribution in [2.45, 2.75) is 60.0 Å². The summed E-state index contributed by atoms with van der Waals surface area (Å²) < 4.78 is 23.4. The minimum Gasteiger partial charge on any atom is -0.389 e. The van der Waals surface area contributed by atoms with Gasteiger partial charge in [-0.3, -0.25) is 13.9 Å². The van der Waals surface area contributed by atoms with E-state index in [-0.39, 0.29) is 31.6 Å². The summed E-state index contributed by atoms with van der Waals surface area (Å²) in [6.07, 6.45) is 0.472. The minimum atomic E-state index is -1.11. The van der Waals surface area contributed by atoms with Gasteiger partial charge in [-0.15, -0.1) is 0 Å². The van der Waals surface area contributed by atoms with E-state index in [1.54, 1.807) is 29.1 Å². The van der Waals surface area contributed by atoms with Crippen LogP contribution in [0.1, 0.15) is 33.3 Å². The van der Waals surface area contributed by atoms with Crippen molar-refractivity contribution in [1.29, 1.82) is 0 Å². The Morgan fingerprint density at radius 2 is 1.72 bits per heavy atom. The zero-order chi connectivity index (χ0) is 23.4. The fraction of sp³-hybridized carbons (Fsp3) is 0.522. The molecule has 0 saturated carbocycles. The molecular formula is C23H31FN4O4. The third-order valence-electron chi connectivity index (χ3n) is 5.01. The molecule has 1 aromatic carbocycles. The molecule has 0 amide bonds. The zero-order valence-electron chi connectivity index (χ0n) is 19.0. The number of benzene rings is 1. The van der Waals surface area contributed by atoms with Crippen molar-refractivity contribution in [2.24, 2.45) is 11.8 Å². The van der Waals surface area contributed by atoms with Crippen molar-refractivity contribution >= 4 is 11.2 Å². The first-order valence-corrected chi connectivity index (χ1v) is 10.9. The maximum atomic E-state index is 13.7. The van der Waals surface area contributed by atoms with Gasteiger partial charge in [-0.25, -0.2) is 14.2 Å². The van der Waals surface area contributed by atoms with Crippen LogP contribution in [0.3, 0.4) is 0 Å². The van der Waals surface area contributed by atoms with Gasteiger partial charge in [0, 0.05) is 18.7 Å². The molecule has 0 aliphatic carbocycles. The van der Waals surface area contributed by atoms with Crippen LogP contribution in [0.25, 0.3) is 11.2 Å². The highest BCUT2D eigenvalue weighted by molar-refractivity contribution is 5.70. The highest BCUT2D eigenvalue weighted by Gasteiger charge is 2.21. The van der Waals surface area contributed by atoms with Gasteiger partial charge in [0.15, 0.2) is 11.2 Å². The van der Waals surface area contributed by atoms with Crippen LogP contribution in [0.5, 0.6) is 0 Å². The van der Waals surface area contributed by atoms with Crippen LogP contribution in [0.15, 0.2) is 40.2 Å². The van der Waals surface area contributed by atoms with Gasteiger partial charge >= 0.3 is 5.69 Å². The van der Waals surface area contributed by atoms with Gasteiger partial charge in [0.1, 0.15) is 5.82 Å². The highest BCUT2D eigenvalue weighted by atomic mass is 19.1. The number of rotatable bonds is 10. The van der Waals surface area contributed by atoms with Crippen LogP contribution >= 0.6 is 0 Å². The quantitative estimate of drug-likeness (QED) is 0.516. The number of ether oxygens (including phenoxy) is 1. The topological polar surface area (TPSA) is 91.3 Å². The molecule has 32 heavy (non-hydrogen) atoms. The lowest BCUT2D eigenvalue weighted by Crippen LogP contribution is -2.44. The second kappa shape index (κ2) is 10.2. The summed E-state index contributed by atoms with van der Waals surface area (Å²) in [5.74, 6) is 0.0490. The Morgan fingerprint density at radius 1 is 1.03 bits per heavy atom. The fourth-order valence-electron chi connectivity index (χ4n) is 3.65. The molecule has 0 radical (unpaired) electrons. The van der Waals surface area contributed by atoms with Crippen molar-refractivity contribution in [3.63, 3.8) is 0 Å². The average Bonchev–Trinajstić information content (AvgIpc) is 3.12. The van der Waals surface area contributed by atoms with Crippen molar-refractivity contribution in [1.82, 2.24) is 18.7 Å². The van der Waals surface area contributed by atoms with Gasteiger partial charge in [-0.2, -0.15) is 0 Å². The standard InChI is InChI=1S/C23H31FN4O4/c1-15(2)9-26-14-25-21-20(26)22(30)28(23(31)27(21)10-16(3)4)11-18(29)13-32-12-17-7-5-6-8-19(17)24/h5-8,14-16,18,29H,9-13H2,1-4H3. The molecule has 1 atom stereocenters. The molecule has 0 saturated heterocycles. The molecule has 0 spiro atoms. The summed E-state index contributed by atoms with van der Waals surface area (Å²) >= 11 is 0. The number of aliphatic hydroxyl groups excluding tert-OH is 1. The second-order valence-electron chi connectivity index (χ2n) is 8.93. The van der Waals surface area contributed by atoms with E-state index in [1.807, 2.05) is 27.7 Å². The van der Waals surface area contributed by atoms with E-state index in [9.17, 15) is 19.1 Å². The van der Waals surface area contributed by atoms with Gasteiger partial charge in [-0.05, 0) is 17.9 Å². The van der Waals surface area contributed by atoms with Gasteiger partial charge in [0.25, 0.3) is 5.56 Å². The summed E-state index contributed by atoms with van der Waals surface area (Å²) in [7, 11) is 0. The van der Waals surface area contributed by atoms with E-state index in [0.29, 0.717) is 29.8 Å². The number of nitrogens with zero attached hydrogens (tertiary/aromatic N) is 4. The third kappa shape index (κ3) is 5.34. The first-order chi connectivity index (χ1) is 15.2. The van der Waals surface area contributed by atoms with E-state index in [4.69, 9.17) is 4.74 Å². The SMILES string of the molecule is CC(C)Cn1cnc2c1c(=O)n(CC(O)COCc1ccccc1F)c(=O)n2CC(C)C. The maximum Gasteiger partial charge on any atom is 0.332 e. The lowest BCUT2D eigenvalue weighted by Gasteiger charge is -2.17. The van der Waals surface area contributed by atoms with Crippen LogP contribution in [0.2, 0.25) is 0 Å². The molecule has 9 heteroatoms. The number of hydrogen-bond acceptors (Lipinski definition) is 5. The van der Waals surface area contributed by atoms with Crippen LogP contribution < -0.4 is 11.2 Å². The third-order valence-corrected chi connectivity index (χ3v) is 5.01. The molecule has 3 rings (SSSR count). The van der Waals surface area contributed by atoms with E-state index in [0.717, 1.165) is 4.57 Å². The van der Waals surface area contributed by atoms with E-state index < -0.39 is 23.2 Å². The Hall–Kier alpha value is -2.78. The van der Waals surface area contributed by atoms with Crippen molar-refractivity contribution in [2.75, 3.05) is 6.61 Å². The molecule has 0 fully saturated rings. The number of hydrogen-bond donors (Lipinski definition) is 1. The summed E-state index contributed by atoms with van der Waals surface area (Å²) in [5.41, 5.74) is 0.0694. The number of halogens is 1. The van der Waals surface area contributed by atoms with Gasteiger partial charge in [-0.1, -0.05) is 45.9 Å². The molecular weight excluding hydrogens is 415 g/mol. The molecule has 3 aromatic rings. The predicted octanol–water partition coefficient (Wildman–Crippen LogP) is 2.39. The molecule has 174 valence electrons. The molecule has 0 bridgehead atoms. The number of aromatic nitrogens is 4. The highest BCUT2D eigenvalue weighted by Crippen LogP contribution is 2.12. The Balaban J connectivity index is 1.88. The largest absolute Gasteiger partial charge is 0.389 e. The van der Waals surface area contributed by atoms with Crippen LogP contribution in [-0.4, -0.2) is 36.5 Å². The zero-order valence-corrected chi connectivity index (χ0v) is 19.0. The normalized spacial score (nSPS) is 12.9. The Kier molecular flexibility index (Phi) is 7.63. The Morgan fingerprint density at radius 3 is 2.38 bits per heavy atom. The van der Waals surface area contributed by atoms with Crippen LogP contribution in [0, 0.1) is 17.7 Å². The van der Waals surface area contributed by atoms with Crippen molar-refractivity contribution < 1.29 is 14.2 Å². The van der Waals surface area contributed by atoms with Gasteiger partial charge < -0.3 is 14.4 Å². The first kappa shape index (κ1) is 23.9. The van der Waals surface area contributed by atoms with Crippen molar-refractivity contribution in [3.05, 3.63) is 62.8 Å². The van der Waals surface area contributed by atoms with Crippen LogP contribution in [-0.2, 0) is 31.0 Å². The monoisotopic (exact) mass is 446 g/mol. The summed E-state index contributed by atoms with van der Waals surface area (Å²) in [5, 5.41) is 10.5. The predicted molar refractivity (Wildman–Crippen MR) is 120 cm³/mol.